The fourth-order valence-corrected chi connectivity index (χ4v) is 6.38. The fraction of sp³-hybridized carbons (Fsp3) is 0.381. The number of aromatic nitrogens is 2. The smallest absolute Gasteiger partial charge is 0.252 e. The molecule has 3 heterocycles. The Bertz CT molecular complexity index is 1220. The van der Waals surface area contributed by atoms with Gasteiger partial charge in [0, 0.05) is 60.8 Å². The number of aryl methyl sites for hydroxylation is 1. The Hall–Kier alpha value is -2.96. The number of carbonyl (C=O) groups excluding carboxylic acids is 1. The van der Waals surface area contributed by atoms with Gasteiger partial charge in [-0.3, -0.25) is 4.79 Å². The molecule has 0 spiro atoms. The molecule has 0 atom stereocenters. The zero-order valence-corrected chi connectivity index (χ0v) is 20.0. The van der Waals surface area contributed by atoms with E-state index in [1.54, 1.807) is 36.6 Å². The van der Waals surface area contributed by atoms with Gasteiger partial charge in [0.2, 0.25) is 17.6 Å². The number of rotatable bonds is 7. The summed E-state index contributed by atoms with van der Waals surface area (Å²) in [7, 11) is -0.591. The van der Waals surface area contributed by atoms with Gasteiger partial charge in [-0.05, 0) is 18.9 Å². The zero-order valence-electron chi connectivity index (χ0n) is 18.4. The molecule has 1 amide bonds. The summed E-state index contributed by atoms with van der Waals surface area (Å²) in [5, 5.41) is 8.41. The number of carbonyl (C=O) groups is 1. The third-order valence-corrected chi connectivity index (χ3v) is 8.71. The van der Waals surface area contributed by atoms with Crippen molar-refractivity contribution in [3.63, 3.8) is 0 Å². The minimum Gasteiger partial charge on any atom is -0.497 e. The molecule has 2 aromatic heterocycles. The van der Waals surface area contributed by atoms with E-state index in [0.717, 1.165) is 11.3 Å². The quantitative estimate of drug-likeness (QED) is 0.533. The van der Waals surface area contributed by atoms with E-state index in [0.29, 0.717) is 47.3 Å². The van der Waals surface area contributed by atoms with Crippen LogP contribution in [0.4, 0.5) is 5.69 Å². The molecule has 4 rings (SSSR count). The lowest BCUT2D eigenvalue weighted by atomic mass is 9.97. The van der Waals surface area contributed by atoms with Crippen molar-refractivity contribution in [2.75, 3.05) is 32.6 Å². The van der Waals surface area contributed by atoms with Crippen LogP contribution in [-0.2, 0) is 14.8 Å². The predicted octanol–water partition coefficient (Wildman–Crippen LogP) is 3.16. The van der Waals surface area contributed by atoms with Crippen molar-refractivity contribution in [3.8, 4) is 22.9 Å². The van der Waals surface area contributed by atoms with Crippen LogP contribution in [-0.4, -0.2) is 56.1 Å². The molecule has 3 aromatic rings. The van der Waals surface area contributed by atoms with Gasteiger partial charge >= 0.3 is 0 Å². The molecule has 33 heavy (non-hydrogen) atoms. The second-order valence-corrected chi connectivity index (χ2v) is 10.6. The van der Waals surface area contributed by atoms with Gasteiger partial charge in [-0.15, -0.1) is 11.3 Å². The highest BCUT2D eigenvalue weighted by Gasteiger charge is 2.33. The fourth-order valence-electron chi connectivity index (χ4n) is 3.60. The summed E-state index contributed by atoms with van der Waals surface area (Å²) in [6.45, 7) is 2.19. The summed E-state index contributed by atoms with van der Waals surface area (Å²) >= 11 is 1.12. The Labute approximate surface area is 195 Å². The summed E-state index contributed by atoms with van der Waals surface area (Å²) in [5.41, 5.74) is 1.16. The van der Waals surface area contributed by atoms with Crippen molar-refractivity contribution in [1.29, 1.82) is 0 Å². The van der Waals surface area contributed by atoms with E-state index in [2.05, 4.69) is 15.5 Å². The SMILES string of the molecule is COc1cc(NC(=O)C2CCN(S(=O)(=O)c3cc(-c4noc(C)n4)cs3)CC2)cc(OC)c1. The van der Waals surface area contributed by atoms with Crippen LogP contribution in [0.5, 0.6) is 11.5 Å². The van der Waals surface area contributed by atoms with E-state index in [9.17, 15) is 13.2 Å². The highest BCUT2D eigenvalue weighted by atomic mass is 32.2. The summed E-state index contributed by atoms with van der Waals surface area (Å²) in [5.74, 6) is 1.44. The lowest BCUT2D eigenvalue weighted by Crippen LogP contribution is -2.41. The van der Waals surface area contributed by atoms with Gasteiger partial charge in [0.25, 0.3) is 10.0 Å². The van der Waals surface area contributed by atoms with Gasteiger partial charge in [-0.1, -0.05) is 5.16 Å². The second kappa shape index (κ2) is 9.49. The predicted molar refractivity (Wildman–Crippen MR) is 122 cm³/mol. The molecule has 176 valence electrons. The standard InChI is InChI=1S/C21H24N4O6S2/c1-13-22-20(24-31-13)15-8-19(32-12-15)33(27,28)25-6-4-14(5-7-25)21(26)23-16-9-17(29-2)11-18(10-16)30-3/h8-12,14H,4-7H2,1-3H3,(H,23,26). The number of methoxy groups -OCH3 is 2. The summed E-state index contributed by atoms with van der Waals surface area (Å²) in [6.07, 6.45) is 0.850. The Morgan fingerprint density at radius 1 is 1.15 bits per heavy atom. The molecule has 0 aliphatic carbocycles. The van der Waals surface area contributed by atoms with E-state index < -0.39 is 10.0 Å². The molecule has 1 aromatic carbocycles. The number of nitrogens with one attached hydrogen (secondary N) is 1. The Morgan fingerprint density at radius 3 is 2.39 bits per heavy atom. The maximum Gasteiger partial charge on any atom is 0.252 e. The second-order valence-electron chi connectivity index (χ2n) is 7.56. The Morgan fingerprint density at radius 2 is 1.82 bits per heavy atom. The van der Waals surface area contributed by atoms with Crippen LogP contribution >= 0.6 is 11.3 Å². The lowest BCUT2D eigenvalue weighted by Gasteiger charge is -2.30. The largest absolute Gasteiger partial charge is 0.497 e. The first kappa shape index (κ1) is 23.2. The van der Waals surface area contributed by atoms with Crippen molar-refractivity contribution >= 4 is 33.0 Å². The molecule has 0 bridgehead atoms. The molecule has 0 radical (unpaired) electrons. The molecule has 1 aliphatic rings. The van der Waals surface area contributed by atoms with Gasteiger partial charge in [0.1, 0.15) is 15.7 Å². The van der Waals surface area contributed by atoms with Crippen molar-refractivity contribution in [2.45, 2.75) is 24.0 Å². The van der Waals surface area contributed by atoms with E-state index in [1.807, 2.05) is 0 Å². The van der Waals surface area contributed by atoms with Crippen LogP contribution in [0.15, 0.2) is 38.4 Å². The van der Waals surface area contributed by atoms with E-state index in [-0.39, 0.29) is 29.1 Å². The van der Waals surface area contributed by atoms with Crippen LogP contribution < -0.4 is 14.8 Å². The molecular formula is C21H24N4O6S2. The normalized spacial score (nSPS) is 15.4. The number of piperidine rings is 1. The number of ether oxygens (including phenoxy) is 2. The number of hydrogen-bond acceptors (Lipinski definition) is 9. The minimum atomic E-state index is -3.67. The summed E-state index contributed by atoms with van der Waals surface area (Å²) in [4.78, 5) is 16.9. The van der Waals surface area contributed by atoms with Crippen molar-refractivity contribution in [3.05, 3.63) is 35.5 Å². The Kier molecular flexibility index (Phi) is 6.68. The van der Waals surface area contributed by atoms with Crippen LogP contribution in [0.2, 0.25) is 0 Å². The van der Waals surface area contributed by atoms with Crippen molar-refractivity contribution in [2.24, 2.45) is 5.92 Å². The number of nitrogens with zero attached hydrogens (tertiary/aromatic N) is 3. The highest BCUT2D eigenvalue weighted by Crippen LogP contribution is 2.32. The van der Waals surface area contributed by atoms with Crippen LogP contribution in [0.25, 0.3) is 11.4 Å². The first-order valence-electron chi connectivity index (χ1n) is 10.2. The summed E-state index contributed by atoms with van der Waals surface area (Å²) in [6, 6.07) is 6.69. The molecule has 0 saturated carbocycles. The van der Waals surface area contributed by atoms with Crippen LogP contribution in [0.1, 0.15) is 18.7 Å². The monoisotopic (exact) mass is 492 g/mol. The van der Waals surface area contributed by atoms with E-state index in [1.165, 1.54) is 18.5 Å². The topological polar surface area (TPSA) is 124 Å². The average molecular weight is 493 g/mol. The van der Waals surface area contributed by atoms with Crippen molar-refractivity contribution in [1.82, 2.24) is 14.4 Å². The molecule has 1 saturated heterocycles. The molecule has 10 nitrogen and oxygen atoms in total. The molecular weight excluding hydrogens is 468 g/mol. The third-order valence-electron chi connectivity index (χ3n) is 5.40. The molecule has 1 fully saturated rings. The average Bonchev–Trinajstić information content (AvgIpc) is 3.48. The Balaban J connectivity index is 1.39. The number of anilines is 1. The third kappa shape index (κ3) is 5.02. The number of benzene rings is 1. The highest BCUT2D eigenvalue weighted by molar-refractivity contribution is 7.91. The van der Waals surface area contributed by atoms with Gasteiger partial charge in [-0.2, -0.15) is 9.29 Å². The van der Waals surface area contributed by atoms with E-state index in [4.69, 9.17) is 14.0 Å². The van der Waals surface area contributed by atoms with Crippen LogP contribution in [0, 0.1) is 12.8 Å². The van der Waals surface area contributed by atoms with Gasteiger partial charge in [0.15, 0.2) is 0 Å². The number of sulfonamides is 1. The first-order chi connectivity index (χ1) is 15.8. The summed E-state index contributed by atoms with van der Waals surface area (Å²) < 4.78 is 43.2. The molecule has 0 unspecified atom stereocenters. The maximum absolute atomic E-state index is 13.1. The van der Waals surface area contributed by atoms with Gasteiger partial charge in [0.05, 0.1) is 14.2 Å². The molecule has 1 N–H and O–H groups in total. The van der Waals surface area contributed by atoms with Crippen LogP contribution in [0.3, 0.4) is 0 Å². The van der Waals surface area contributed by atoms with Gasteiger partial charge < -0.3 is 19.3 Å². The first-order valence-corrected chi connectivity index (χ1v) is 12.6. The van der Waals surface area contributed by atoms with E-state index >= 15 is 0 Å². The molecule has 12 heteroatoms. The lowest BCUT2D eigenvalue weighted by molar-refractivity contribution is -0.120. The minimum absolute atomic E-state index is 0.159. The zero-order chi connectivity index (χ0) is 23.6. The van der Waals surface area contributed by atoms with Gasteiger partial charge in [-0.25, -0.2) is 8.42 Å². The molecule has 1 aliphatic heterocycles. The number of amides is 1. The number of hydrogen-bond donors (Lipinski definition) is 1. The van der Waals surface area contributed by atoms with Crippen molar-refractivity contribution < 1.29 is 27.2 Å². The maximum atomic E-state index is 13.1. The number of thiophene rings is 1.